The quantitative estimate of drug-likeness (QED) is 0.591. The number of hydrogen-bond acceptors (Lipinski definition) is 5. The van der Waals surface area contributed by atoms with Gasteiger partial charge in [0.15, 0.2) is 5.01 Å². The Morgan fingerprint density at radius 2 is 2.03 bits per heavy atom. The number of carbonyl (C=O) groups excluding carboxylic acids is 1. The van der Waals surface area contributed by atoms with Crippen molar-refractivity contribution in [3.63, 3.8) is 0 Å². The summed E-state index contributed by atoms with van der Waals surface area (Å²) in [5.74, 6) is -0.195. The number of aromatic nitrogens is 3. The zero-order valence-electron chi connectivity index (χ0n) is 15.8. The smallest absolute Gasteiger partial charge is 0.352 e. The van der Waals surface area contributed by atoms with Crippen molar-refractivity contribution < 1.29 is 18.0 Å². The first kappa shape index (κ1) is 22.0. The summed E-state index contributed by atoms with van der Waals surface area (Å²) in [6, 6.07) is 6.05. The second-order valence-corrected chi connectivity index (χ2v) is 8.13. The van der Waals surface area contributed by atoms with Crippen LogP contribution in [0.1, 0.15) is 24.4 Å². The van der Waals surface area contributed by atoms with E-state index in [2.05, 4.69) is 20.3 Å². The predicted octanol–water partition coefficient (Wildman–Crippen LogP) is 4.50. The topological polar surface area (TPSA) is 87.7 Å². The van der Waals surface area contributed by atoms with Crippen molar-refractivity contribution in [1.29, 1.82) is 0 Å². The molecule has 0 spiro atoms. The fourth-order valence-corrected chi connectivity index (χ4v) is 3.44. The van der Waals surface area contributed by atoms with Gasteiger partial charge in [0.1, 0.15) is 5.82 Å². The van der Waals surface area contributed by atoms with Crippen molar-refractivity contribution in [1.82, 2.24) is 20.3 Å². The Hall–Kier alpha value is -2.72. The lowest BCUT2D eigenvalue weighted by atomic mass is 10.1. The van der Waals surface area contributed by atoms with Crippen LogP contribution < -0.4 is 10.9 Å². The van der Waals surface area contributed by atoms with Crippen LogP contribution in [0, 0.1) is 5.92 Å². The summed E-state index contributed by atoms with van der Waals surface area (Å²) >= 11 is 6.65. The Kier molecular flexibility index (Phi) is 6.27. The molecule has 0 aliphatic heterocycles. The molecule has 6 nitrogen and oxygen atoms in total. The van der Waals surface area contributed by atoms with Gasteiger partial charge in [0.25, 0.3) is 5.56 Å². The Balaban J connectivity index is 1.96. The normalized spacial score (nSPS) is 11.7. The average Bonchev–Trinajstić information content (AvgIpc) is 3.17. The lowest BCUT2D eigenvalue weighted by Crippen LogP contribution is -2.27. The molecule has 0 aliphatic carbocycles. The molecule has 0 fully saturated rings. The molecule has 2 N–H and O–H groups in total. The number of aromatic amines is 1. The molecule has 0 atom stereocenters. The zero-order valence-corrected chi connectivity index (χ0v) is 17.4. The van der Waals surface area contributed by atoms with E-state index in [0.717, 1.165) is 12.3 Å². The highest BCUT2D eigenvalue weighted by atomic mass is 35.5. The highest BCUT2D eigenvalue weighted by Crippen LogP contribution is 2.36. The van der Waals surface area contributed by atoms with Gasteiger partial charge >= 0.3 is 6.18 Å². The van der Waals surface area contributed by atoms with Gasteiger partial charge in [-0.25, -0.2) is 9.97 Å². The summed E-state index contributed by atoms with van der Waals surface area (Å²) in [6.07, 6.45) is -3.55. The molecule has 11 heteroatoms. The average molecular weight is 457 g/mol. The maximum Gasteiger partial charge on any atom is 0.443 e. The van der Waals surface area contributed by atoms with Gasteiger partial charge in [-0.3, -0.25) is 9.59 Å². The molecule has 1 aromatic carbocycles. The first-order valence-corrected chi connectivity index (χ1v) is 9.95. The Morgan fingerprint density at radius 1 is 1.30 bits per heavy atom. The van der Waals surface area contributed by atoms with E-state index in [4.69, 9.17) is 11.6 Å². The molecule has 1 amide bonds. The van der Waals surface area contributed by atoms with Gasteiger partial charge in [-0.1, -0.05) is 31.5 Å². The van der Waals surface area contributed by atoms with Gasteiger partial charge in [-0.05, 0) is 17.7 Å². The first-order valence-electron chi connectivity index (χ1n) is 8.76. The number of H-pyrrole nitrogens is 1. The third kappa shape index (κ3) is 5.06. The lowest BCUT2D eigenvalue weighted by molar-refractivity contribution is -0.137. The fourth-order valence-electron chi connectivity index (χ4n) is 2.49. The van der Waals surface area contributed by atoms with E-state index in [1.54, 1.807) is 32.0 Å². The number of rotatable bonds is 5. The maximum absolute atomic E-state index is 12.8. The van der Waals surface area contributed by atoms with Gasteiger partial charge in [-0.2, -0.15) is 13.2 Å². The molecule has 3 aromatic rings. The summed E-state index contributed by atoms with van der Waals surface area (Å²) < 4.78 is 38.5. The molecule has 2 heterocycles. The van der Waals surface area contributed by atoms with Crippen LogP contribution in [0.15, 0.2) is 35.3 Å². The van der Waals surface area contributed by atoms with Crippen LogP contribution in [-0.4, -0.2) is 20.9 Å². The van der Waals surface area contributed by atoms with E-state index in [9.17, 15) is 22.8 Å². The Labute approximate surface area is 178 Å². The molecule has 2 aromatic heterocycles. The molecule has 0 saturated heterocycles. The third-order valence-corrected chi connectivity index (χ3v) is 5.41. The molecular formula is C19H16ClF3N4O2S. The van der Waals surface area contributed by atoms with Crippen LogP contribution in [0.2, 0.25) is 5.02 Å². The van der Waals surface area contributed by atoms with Crippen molar-refractivity contribution >= 4 is 28.8 Å². The summed E-state index contributed by atoms with van der Waals surface area (Å²) in [4.78, 5) is 34.2. The van der Waals surface area contributed by atoms with E-state index < -0.39 is 16.7 Å². The number of thiazole rings is 1. The van der Waals surface area contributed by atoms with Crippen molar-refractivity contribution in [3.8, 4) is 22.0 Å². The monoisotopic (exact) mass is 456 g/mol. The second-order valence-electron chi connectivity index (χ2n) is 6.69. The summed E-state index contributed by atoms with van der Waals surface area (Å²) in [7, 11) is 0. The summed E-state index contributed by atoms with van der Waals surface area (Å²) in [5.41, 5.74) is 0.601. The number of carbonyl (C=O) groups is 1. The molecular weight excluding hydrogens is 441 g/mol. The fraction of sp³-hybridized carbons (Fsp3) is 0.263. The number of halogens is 4. The largest absolute Gasteiger partial charge is 0.443 e. The first-order chi connectivity index (χ1) is 14.0. The Bertz CT molecular complexity index is 1140. The van der Waals surface area contributed by atoms with Crippen LogP contribution in [0.3, 0.4) is 0 Å². The number of nitrogens with zero attached hydrogens (tertiary/aromatic N) is 2. The molecule has 30 heavy (non-hydrogen) atoms. The minimum atomic E-state index is -4.58. The van der Waals surface area contributed by atoms with Crippen LogP contribution in [0.5, 0.6) is 0 Å². The minimum Gasteiger partial charge on any atom is -0.352 e. The van der Waals surface area contributed by atoms with Gasteiger partial charge in [-0.15, -0.1) is 11.3 Å². The molecule has 0 bridgehead atoms. The van der Waals surface area contributed by atoms with Gasteiger partial charge in [0.05, 0.1) is 15.6 Å². The summed E-state index contributed by atoms with van der Waals surface area (Å²) in [5, 5.41) is 2.04. The second kappa shape index (κ2) is 8.57. The lowest BCUT2D eigenvalue weighted by Gasteiger charge is -2.10. The Morgan fingerprint density at radius 3 is 2.67 bits per heavy atom. The molecule has 0 radical (unpaired) electrons. The number of benzene rings is 1. The number of nitrogens with one attached hydrogen (secondary N) is 2. The van der Waals surface area contributed by atoms with Crippen molar-refractivity contribution in [2.24, 2.45) is 5.92 Å². The standard InChI is InChI=1S/C19H16ClF3N4O2S/c1-9(2)17(29)24-7-10-3-4-12(20)11(5-10)16-26-13(6-15(28)27-16)14-8-25-18(30-14)19(21,22)23/h3-6,8-9H,7H2,1-2H3,(H,24,29)(H,26,27,28). The van der Waals surface area contributed by atoms with Gasteiger partial charge in [0, 0.05) is 30.3 Å². The minimum absolute atomic E-state index is 0.0522. The van der Waals surface area contributed by atoms with Crippen LogP contribution in [-0.2, 0) is 17.5 Å². The van der Waals surface area contributed by atoms with Crippen LogP contribution in [0.25, 0.3) is 22.0 Å². The van der Waals surface area contributed by atoms with Crippen LogP contribution >= 0.6 is 22.9 Å². The zero-order chi connectivity index (χ0) is 22.1. The van der Waals surface area contributed by atoms with Crippen molar-refractivity contribution in [3.05, 3.63) is 56.4 Å². The number of alkyl halides is 3. The molecule has 158 valence electrons. The van der Waals surface area contributed by atoms with E-state index >= 15 is 0 Å². The van der Waals surface area contributed by atoms with E-state index in [1.165, 1.54) is 0 Å². The van der Waals surface area contributed by atoms with Crippen molar-refractivity contribution in [2.75, 3.05) is 0 Å². The van der Waals surface area contributed by atoms with Gasteiger partial charge < -0.3 is 10.3 Å². The molecule has 3 rings (SSSR count). The number of hydrogen-bond donors (Lipinski definition) is 2. The molecule has 0 saturated carbocycles. The summed E-state index contributed by atoms with van der Waals surface area (Å²) in [6.45, 7) is 3.79. The highest BCUT2D eigenvalue weighted by molar-refractivity contribution is 7.15. The molecule has 0 aliphatic rings. The van der Waals surface area contributed by atoms with E-state index in [1.807, 2.05) is 0 Å². The van der Waals surface area contributed by atoms with Crippen LogP contribution in [0.4, 0.5) is 13.2 Å². The van der Waals surface area contributed by atoms with E-state index in [0.29, 0.717) is 22.5 Å². The predicted molar refractivity (Wildman–Crippen MR) is 108 cm³/mol. The SMILES string of the molecule is CC(C)C(=O)NCc1ccc(Cl)c(-c2nc(-c3cnc(C(F)(F)F)s3)cc(=O)[nH]2)c1. The maximum atomic E-state index is 12.8. The number of amides is 1. The van der Waals surface area contributed by atoms with Gasteiger partial charge in [0.2, 0.25) is 5.91 Å². The highest BCUT2D eigenvalue weighted by Gasteiger charge is 2.34. The third-order valence-electron chi connectivity index (χ3n) is 4.02. The van der Waals surface area contributed by atoms with E-state index in [-0.39, 0.29) is 39.8 Å². The molecule has 0 unspecified atom stereocenters. The van der Waals surface area contributed by atoms with Crippen molar-refractivity contribution in [2.45, 2.75) is 26.6 Å².